The van der Waals surface area contributed by atoms with Gasteiger partial charge in [-0.05, 0) is 30.2 Å². The lowest BCUT2D eigenvalue weighted by Crippen LogP contribution is -2.26. The Morgan fingerprint density at radius 3 is 2.52 bits per heavy atom. The molecule has 21 heavy (non-hydrogen) atoms. The van der Waals surface area contributed by atoms with Gasteiger partial charge in [0.05, 0.1) is 16.5 Å². The van der Waals surface area contributed by atoms with E-state index in [0.29, 0.717) is 17.4 Å². The van der Waals surface area contributed by atoms with Crippen LogP contribution >= 0.6 is 0 Å². The molecule has 0 aliphatic heterocycles. The van der Waals surface area contributed by atoms with Gasteiger partial charge in [-0.2, -0.15) is 5.26 Å². The smallest absolute Gasteiger partial charge is 0.211 e. The molecule has 0 spiro atoms. The molecule has 0 aliphatic carbocycles. The minimum atomic E-state index is -3.60. The minimum Gasteiger partial charge on any atom is -0.211 e. The summed E-state index contributed by atoms with van der Waals surface area (Å²) in [6, 6.07) is 15.1. The molecule has 6 heteroatoms. The summed E-state index contributed by atoms with van der Waals surface area (Å²) in [5.41, 5.74) is 1.99. The Hall–Kier alpha value is -2.10. The van der Waals surface area contributed by atoms with Gasteiger partial charge in [-0.1, -0.05) is 35.8 Å². The minimum absolute atomic E-state index is 0.0962. The number of sulfonamides is 1. The predicted octanol–water partition coefficient (Wildman–Crippen LogP) is 0.873. The predicted molar refractivity (Wildman–Crippen MR) is 81.9 cm³/mol. The molecule has 0 saturated heterocycles. The highest BCUT2D eigenvalue weighted by Gasteiger charge is 2.13. The number of hydrogen-bond donors (Lipinski definition) is 1. The Morgan fingerprint density at radius 2 is 1.86 bits per heavy atom. The SMILES string of the molecule is [B]c1ccc(CCNS(=O)(=O)c2cccc(C#N)c2)cc1. The van der Waals surface area contributed by atoms with Crippen LogP contribution in [0.2, 0.25) is 0 Å². The maximum Gasteiger partial charge on any atom is 0.240 e. The number of nitriles is 1. The van der Waals surface area contributed by atoms with Crippen LogP contribution in [-0.2, 0) is 16.4 Å². The highest BCUT2D eigenvalue weighted by atomic mass is 32.2. The summed E-state index contributed by atoms with van der Waals surface area (Å²) in [5, 5.41) is 8.80. The molecule has 2 aromatic carbocycles. The number of hydrogen-bond acceptors (Lipinski definition) is 3. The molecule has 0 unspecified atom stereocenters. The Labute approximate surface area is 125 Å². The van der Waals surface area contributed by atoms with Crippen LogP contribution in [0.4, 0.5) is 0 Å². The molecular formula is C15H13BN2O2S. The van der Waals surface area contributed by atoms with Crippen LogP contribution < -0.4 is 10.2 Å². The van der Waals surface area contributed by atoms with Gasteiger partial charge >= 0.3 is 0 Å². The fourth-order valence-corrected chi connectivity index (χ4v) is 2.91. The standard InChI is InChI=1S/C15H13BN2O2S/c16-14-6-4-12(5-7-14)8-9-18-21(19,20)15-3-1-2-13(10-15)11-17/h1-7,10,18H,8-9H2. The molecule has 0 aromatic heterocycles. The average Bonchev–Trinajstić information content (AvgIpc) is 2.49. The van der Waals surface area contributed by atoms with E-state index < -0.39 is 10.0 Å². The molecule has 104 valence electrons. The van der Waals surface area contributed by atoms with Crippen LogP contribution in [0.1, 0.15) is 11.1 Å². The fraction of sp³-hybridized carbons (Fsp3) is 0.133. The van der Waals surface area contributed by atoms with Crippen LogP contribution in [0.3, 0.4) is 0 Å². The van der Waals surface area contributed by atoms with Gasteiger partial charge in [-0.15, -0.1) is 0 Å². The molecule has 1 N–H and O–H groups in total. The highest BCUT2D eigenvalue weighted by molar-refractivity contribution is 7.89. The summed E-state index contributed by atoms with van der Waals surface area (Å²) in [6.07, 6.45) is 0.567. The Balaban J connectivity index is 2.01. The van der Waals surface area contributed by atoms with E-state index in [0.717, 1.165) is 5.56 Å². The molecule has 0 amide bonds. The lowest BCUT2D eigenvalue weighted by molar-refractivity contribution is 0.581. The first-order valence-electron chi connectivity index (χ1n) is 6.35. The van der Waals surface area contributed by atoms with E-state index in [1.807, 2.05) is 18.2 Å². The molecule has 2 aromatic rings. The number of rotatable bonds is 5. The molecular weight excluding hydrogens is 283 g/mol. The topological polar surface area (TPSA) is 70.0 Å². The van der Waals surface area contributed by atoms with Crippen LogP contribution in [0, 0.1) is 11.3 Å². The van der Waals surface area contributed by atoms with Gasteiger partial charge in [0, 0.05) is 6.54 Å². The first-order valence-corrected chi connectivity index (χ1v) is 7.84. The zero-order valence-corrected chi connectivity index (χ0v) is 12.1. The van der Waals surface area contributed by atoms with Gasteiger partial charge in [0.15, 0.2) is 0 Å². The molecule has 0 heterocycles. The lowest BCUT2D eigenvalue weighted by atomic mass is 9.95. The summed E-state index contributed by atoms with van der Waals surface area (Å²) >= 11 is 0. The monoisotopic (exact) mass is 296 g/mol. The van der Waals surface area contributed by atoms with E-state index >= 15 is 0 Å². The summed E-state index contributed by atoms with van der Waals surface area (Å²) in [6.45, 7) is 0.281. The number of benzene rings is 2. The van der Waals surface area contributed by atoms with Crippen molar-refractivity contribution in [3.63, 3.8) is 0 Å². The van der Waals surface area contributed by atoms with Crippen molar-refractivity contribution < 1.29 is 8.42 Å². The van der Waals surface area contributed by atoms with E-state index in [1.165, 1.54) is 12.1 Å². The third-order valence-electron chi connectivity index (χ3n) is 2.96. The average molecular weight is 296 g/mol. The summed E-state index contributed by atoms with van der Waals surface area (Å²) in [4.78, 5) is 0.0962. The maximum atomic E-state index is 12.1. The van der Waals surface area contributed by atoms with Crippen molar-refractivity contribution in [2.45, 2.75) is 11.3 Å². The second-order valence-electron chi connectivity index (χ2n) is 4.53. The Kier molecular flexibility index (Phi) is 4.79. The normalized spacial score (nSPS) is 11.0. The van der Waals surface area contributed by atoms with Gasteiger partial charge < -0.3 is 0 Å². The summed E-state index contributed by atoms with van der Waals surface area (Å²) < 4.78 is 26.7. The molecule has 0 saturated carbocycles. The van der Waals surface area contributed by atoms with Gasteiger partial charge in [0.1, 0.15) is 7.85 Å². The Bertz CT molecular complexity index is 765. The van der Waals surface area contributed by atoms with Crippen molar-refractivity contribution >= 4 is 23.3 Å². The van der Waals surface area contributed by atoms with Crippen molar-refractivity contribution in [2.75, 3.05) is 6.54 Å². The number of nitrogens with one attached hydrogen (secondary N) is 1. The zero-order valence-electron chi connectivity index (χ0n) is 11.3. The number of nitrogens with zero attached hydrogens (tertiary/aromatic N) is 1. The molecule has 0 atom stereocenters. The second-order valence-corrected chi connectivity index (χ2v) is 6.30. The summed E-state index contributed by atoms with van der Waals surface area (Å²) in [7, 11) is 1.99. The first-order chi connectivity index (χ1) is 10.0. The largest absolute Gasteiger partial charge is 0.240 e. The van der Waals surface area contributed by atoms with Gasteiger partial charge in [0.25, 0.3) is 0 Å². The summed E-state index contributed by atoms with van der Waals surface area (Å²) in [5.74, 6) is 0. The molecule has 2 rings (SSSR count). The maximum absolute atomic E-state index is 12.1. The van der Waals surface area contributed by atoms with E-state index in [1.54, 1.807) is 24.3 Å². The van der Waals surface area contributed by atoms with Crippen molar-refractivity contribution in [1.29, 1.82) is 5.26 Å². The van der Waals surface area contributed by atoms with E-state index in [4.69, 9.17) is 13.1 Å². The van der Waals surface area contributed by atoms with Crippen molar-refractivity contribution in [1.82, 2.24) is 4.72 Å². The van der Waals surface area contributed by atoms with E-state index in [2.05, 4.69) is 4.72 Å². The van der Waals surface area contributed by atoms with E-state index in [-0.39, 0.29) is 11.4 Å². The molecule has 4 nitrogen and oxygen atoms in total. The van der Waals surface area contributed by atoms with Crippen LogP contribution in [0.15, 0.2) is 53.4 Å². The molecule has 0 fully saturated rings. The van der Waals surface area contributed by atoms with Crippen molar-refractivity contribution in [3.8, 4) is 6.07 Å². The molecule has 0 aliphatic rings. The second kappa shape index (κ2) is 6.57. The molecule has 0 bridgehead atoms. The van der Waals surface area contributed by atoms with Crippen LogP contribution in [0.5, 0.6) is 0 Å². The zero-order chi connectivity index (χ0) is 15.3. The first kappa shape index (κ1) is 15.3. The van der Waals surface area contributed by atoms with Crippen LogP contribution in [0.25, 0.3) is 0 Å². The molecule has 2 radical (unpaired) electrons. The van der Waals surface area contributed by atoms with Gasteiger partial charge in [-0.25, -0.2) is 13.1 Å². The van der Waals surface area contributed by atoms with Crippen molar-refractivity contribution in [3.05, 3.63) is 59.7 Å². The Morgan fingerprint density at radius 1 is 1.14 bits per heavy atom. The fourth-order valence-electron chi connectivity index (χ4n) is 1.83. The third-order valence-corrected chi connectivity index (χ3v) is 4.42. The highest BCUT2D eigenvalue weighted by Crippen LogP contribution is 2.10. The van der Waals surface area contributed by atoms with Gasteiger partial charge in [-0.3, -0.25) is 0 Å². The van der Waals surface area contributed by atoms with Crippen molar-refractivity contribution in [2.24, 2.45) is 0 Å². The lowest BCUT2D eigenvalue weighted by Gasteiger charge is -2.07. The van der Waals surface area contributed by atoms with Crippen LogP contribution in [-0.4, -0.2) is 22.8 Å². The third kappa shape index (κ3) is 4.18. The quantitative estimate of drug-likeness (QED) is 0.832. The van der Waals surface area contributed by atoms with Gasteiger partial charge in [0.2, 0.25) is 10.0 Å². The van der Waals surface area contributed by atoms with E-state index in [9.17, 15) is 8.42 Å².